The van der Waals surface area contributed by atoms with Crippen molar-refractivity contribution in [2.45, 2.75) is 50.8 Å². The number of pyridine rings is 1. The summed E-state index contributed by atoms with van der Waals surface area (Å²) in [5.74, 6) is -0.106. The summed E-state index contributed by atoms with van der Waals surface area (Å²) in [6.45, 7) is 3.43. The van der Waals surface area contributed by atoms with Crippen LogP contribution in [-0.2, 0) is 10.4 Å². The summed E-state index contributed by atoms with van der Waals surface area (Å²) in [5, 5.41) is 11.0. The predicted octanol–water partition coefficient (Wildman–Crippen LogP) is 5.69. The van der Waals surface area contributed by atoms with Crippen LogP contribution in [0, 0.1) is 18.8 Å². The summed E-state index contributed by atoms with van der Waals surface area (Å²) in [4.78, 5) is 34.5. The van der Waals surface area contributed by atoms with Crippen molar-refractivity contribution < 1.29 is 27.9 Å². The molecule has 2 aliphatic rings. The number of nitrogens with zero attached hydrogens (tertiary/aromatic N) is 4. The highest BCUT2D eigenvalue weighted by atomic mass is 35.5. The molecule has 0 saturated carbocycles. The first-order valence-corrected chi connectivity index (χ1v) is 14.5. The Morgan fingerprint density at radius 2 is 1.59 bits per heavy atom. The van der Waals surface area contributed by atoms with Crippen LogP contribution in [0.3, 0.4) is 0 Å². The van der Waals surface area contributed by atoms with Gasteiger partial charge in [-0.2, -0.15) is 13.2 Å². The number of carbonyl (C=O) groups is 2. The van der Waals surface area contributed by atoms with E-state index >= 15 is 0 Å². The zero-order chi connectivity index (χ0) is 30.1. The minimum Gasteiger partial charge on any atom is -0.368 e. The second kappa shape index (κ2) is 12.4. The van der Waals surface area contributed by atoms with Gasteiger partial charge >= 0.3 is 6.18 Å². The van der Waals surface area contributed by atoms with E-state index in [-0.39, 0.29) is 35.1 Å². The summed E-state index contributed by atoms with van der Waals surface area (Å²) in [7, 11) is 3.31. The Labute approximate surface area is 248 Å². The van der Waals surface area contributed by atoms with Gasteiger partial charge in [0.25, 0.3) is 17.4 Å². The van der Waals surface area contributed by atoms with Gasteiger partial charge in [0.2, 0.25) is 0 Å². The lowest BCUT2D eigenvalue weighted by Gasteiger charge is -2.40. The van der Waals surface area contributed by atoms with Gasteiger partial charge in [0.1, 0.15) is 11.0 Å². The van der Waals surface area contributed by atoms with E-state index in [1.54, 1.807) is 27.1 Å². The molecule has 1 atom stereocenters. The number of aromatic nitrogens is 1. The molecule has 41 heavy (non-hydrogen) atoms. The van der Waals surface area contributed by atoms with Crippen LogP contribution in [0.15, 0.2) is 30.3 Å². The summed E-state index contributed by atoms with van der Waals surface area (Å²) in [6.07, 6.45) is -1.26. The highest BCUT2D eigenvalue weighted by Crippen LogP contribution is 2.42. The van der Waals surface area contributed by atoms with Crippen LogP contribution < -0.4 is 4.90 Å². The molecule has 1 aromatic carbocycles. The number of aliphatic hydroxyl groups is 1. The van der Waals surface area contributed by atoms with Gasteiger partial charge < -0.3 is 19.8 Å². The van der Waals surface area contributed by atoms with Gasteiger partial charge in [-0.1, -0.05) is 29.3 Å². The Hall–Kier alpha value is -2.56. The molecule has 1 N–H and O–H groups in total. The van der Waals surface area contributed by atoms with Crippen molar-refractivity contribution in [3.63, 3.8) is 0 Å². The van der Waals surface area contributed by atoms with Gasteiger partial charge in [-0.05, 0) is 80.7 Å². The second-order valence-electron chi connectivity index (χ2n) is 11.3. The molecular formula is C29H35Cl2F3N4O3. The molecule has 12 heteroatoms. The van der Waals surface area contributed by atoms with Gasteiger partial charge in [-0.15, -0.1) is 0 Å². The highest BCUT2D eigenvalue weighted by Gasteiger charge is 2.62. The maximum Gasteiger partial charge on any atom is 0.430 e. The molecule has 3 heterocycles. The molecule has 1 unspecified atom stereocenters. The zero-order valence-corrected chi connectivity index (χ0v) is 24.9. The third-order valence-electron chi connectivity index (χ3n) is 8.16. The fourth-order valence-corrected chi connectivity index (χ4v) is 6.34. The predicted molar refractivity (Wildman–Crippen MR) is 152 cm³/mol. The van der Waals surface area contributed by atoms with Gasteiger partial charge in [0.15, 0.2) is 0 Å². The van der Waals surface area contributed by atoms with E-state index in [1.165, 1.54) is 11.0 Å². The summed E-state index contributed by atoms with van der Waals surface area (Å²) in [6, 6.07) is 7.12. The largest absolute Gasteiger partial charge is 0.430 e. The lowest BCUT2D eigenvalue weighted by molar-refractivity contribution is -0.262. The van der Waals surface area contributed by atoms with E-state index in [1.807, 2.05) is 6.07 Å². The van der Waals surface area contributed by atoms with Gasteiger partial charge in [0.05, 0.1) is 5.56 Å². The Bertz CT molecular complexity index is 1260. The summed E-state index contributed by atoms with van der Waals surface area (Å²) in [5.41, 5.74) is -3.44. The number of amides is 2. The minimum atomic E-state index is -5.20. The standard InChI is InChI=1S/C29H35Cl2F3N4O3/c1-18-14-21(17-22(30)15-18)28(41,29(32,33)34)27(40)38-12-8-20(9-13-38)16-19-6-10-37(11-7-19)24-5-4-23(25(31)35-24)26(39)36(2)3/h4-5,14-15,17,19-20,41H,6-13,16H2,1-3H3. The first-order valence-electron chi connectivity index (χ1n) is 13.7. The smallest absolute Gasteiger partial charge is 0.368 e. The second-order valence-corrected chi connectivity index (χ2v) is 12.1. The molecule has 0 radical (unpaired) electrons. The first kappa shape index (κ1) is 31.4. The zero-order valence-electron chi connectivity index (χ0n) is 23.3. The average Bonchev–Trinajstić information content (AvgIpc) is 2.91. The van der Waals surface area contributed by atoms with Crippen molar-refractivity contribution in [2.75, 3.05) is 45.2 Å². The first-order chi connectivity index (χ1) is 19.2. The van der Waals surface area contributed by atoms with E-state index in [2.05, 4.69) is 9.88 Å². The van der Waals surface area contributed by atoms with Crippen LogP contribution >= 0.6 is 23.2 Å². The minimum absolute atomic E-state index is 0.0237. The fourth-order valence-electron chi connectivity index (χ4n) is 5.82. The number of benzene rings is 1. The number of halogens is 5. The van der Waals surface area contributed by atoms with Crippen LogP contribution in [0.1, 0.15) is 53.6 Å². The maximum atomic E-state index is 14.1. The van der Waals surface area contributed by atoms with Crippen molar-refractivity contribution in [3.05, 3.63) is 57.2 Å². The third kappa shape index (κ3) is 6.75. The Morgan fingerprint density at radius 1 is 1.00 bits per heavy atom. The molecule has 2 fully saturated rings. The number of likely N-dealkylation sites (tertiary alicyclic amines) is 1. The number of alkyl halides is 3. The molecule has 2 amide bonds. The number of rotatable bonds is 6. The topological polar surface area (TPSA) is 77.0 Å². The Kier molecular flexibility index (Phi) is 9.45. The fraction of sp³-hybridized carbons (Fsp3) is 0.552. The van der Waals surface area contributed by atoms with Crippen molar-refractivity contribution in [2.24, 2.45) is 11.8 Å². The monoisotopic (exact) mass is 614 g/mol. The molecule has 2 saturated heterocycles. The Morgan fingerprint density at radius 3 is 2.10 bits per heavy atom. The van der Waals surface area contributed by atoms with Crippen LogP contribution in [0.2, 0.25) is 10.2 Å². The SMILES string of the molecule is Cc1cc(Cl)cc(C(O)(C(=O)N2CCC(CC3CCN(c4ccc(C(=O)N(C)C)c(Cl)n4)CC3)CC2)C(F)(F)F)c1. The van der Waals surface area contributed by atoms with E-state index in [9.17, 15) is 27.9 Å². The van der Waals surface area contributed by atoms with E-state index in [0.29, 0.717) is 29.9 Å². The van der Waals surface area contributed by atoms with Crippen molar-refractivity contribution in [1.29, 1.82) is 0 Å². The third-order valence-corrected chi connectivity index (χ3v) is 8.66. The lowest BCUT2D eigenvalue weighted by Crippen LogP contribution is -2.57. The van der Waals surface area contributed by atoms with Crippen LogP contribution in [0.25, 0.3) is 0 Å². The summed E-state index contributed by atoms with van der Waals surface area (Å²) >= 11 is 12.2. The van der Waals surface area contributed by atoms with E-state index in [4.69, 9.17) is 23.2 Å². The van der Waals surface area contributed by atoms with Gasteiger partial charge in [0, 0.05) is 50.9 Å². The van der Waals surface area contributed by atoms with Crippen molar-refractivity contribution in [1.82, 2.24) is 14.8 Å². The number of carbonyl (C=O) groups excluding carboxylic acids is 2. The van der Waals surface area contributed by atoms with E-state index in [0.717, 1.165) is 55.2 Å². The van der Waals surface area contributed by atoms with Crippen molar-refractivity contribution in [3.8, 4) is 0 Å². The quantitative estimate of drug-likeness (QED) is 0.423. The number of anilines is 1. The molecule has 0 aliphatic carbocycles. The van der Waals surface area contributed by atoms with E-state index < -0.39 is 23.2 Å². The molecular weight excluding hydrogens is 580 g/mol. The number of hydrogen-bond acceptors (Lipinski definition) is 5. The molecule has 0 bridgehead atoms. The molecule has 224 valence electrons. The van der Waals surface area contributed by atoms with Crippen LogP contribution in [0.5, 0.6) is 0 Å². The lowest BCUT2D eigenvalue weighted by atomic mass is 9.82. The molecule has 0 spiro atoms. The van der Waals surface area contributed by atoms with Crippen molar-refractivity contribution >= 4 is 40.8 Å². The molecule has 2 aromatic rings. The van der Waals surface area contributed by atoms with Gasteiger partial charge in [-0.25, -0.2) is 4.98 Å². The number of aryl methyl sites for hydroxylation is 1. The van der Waals surface area contributed by atoms with Crippen LogP contribution in [0.4, 0.5) is 19.0 Å². The maximum absolute atomic E-state index is 14.1. The number of piperidine rings is 2. The number of hydrogen-bond donors (Lipinski definition) is 1. The molecule has 1 aromatic heterocycles. The summed E-state index contributed by atoms with van der Waals surface area (Å²) < 4.78 is 42.4. The Balaban J connectivity index is 1.32. The highest BCUT2D eigenvalue weighted by molar-refractivity contribution is 6.32. The van der Waals surface area contributed by atoms with Crippen LogP contribution in [-0.4, -0.2) is 78.2 Å². The molecule has 4 rings (SSSR count). The normalized spacial score (nSPS) is 18.8. The van der Waals surface area contributed by atoms with Gasteiger partial charge in [-0.3, -0.25) is 9.59 Å². The average molecular weight is 616 g/mol. The molecule has 2 aliphatic heterocycles. The molecule has 7 nitrogen and oxygen atoms in total.